The number of H-pyrrole nitrogens is 1. The molecule has 0 radical (unpaired) electrons. The van der Waals surface area contributed by atoms with E-state index >= 15 is 0 Å². The van der Waals surface area contributed by atoms with Crippen LogP contribution in [0.1, 0.15) is 44.6 Å². The van der Waals surface area contributed by atoms with Crippen molar-refractivity contribution in [1.82, 2.24) is 14.8 Å². The van der Waals surface area contributed by atoms with Crippen molar-refractivity contribution in [3.05, 3.63) is 30.0 Å². The van der Waals surface area contributed by atoms with Crippen molar-refractivity contribution in [3.63, 3.8) is 0 Å². The summed E-state index contributed by atoms with van der Waals surface area (Å²) in [5.74, 6) is 0.927. The van der Waals surface area contributed by atoms with E-state index in [1.165, 1.54) is 0 Å². The van der Waals surface area contributed by atoms with Crippen LogP contribution in [-0.4, -0.2) is 59.0 Å². The second-order valence-corrected chi connectivity index (χ2v) is 7.03. The van der Waals surface area contributed by atoms with Crippen LogP contribution in [-0.2, 0) is 0 Å². The third kappa shape index (κ3) is 3.82. The van der Waals surface area contributed by atoms with E-state index in [1.807, 2.05) is 43.0 Å². The second-order valence-electron chi connectivity index (χ2n) is 7.03. The van der Waals surface area contributed by atoms with Gasteiger partial charge >= 0.3 is 0 Å². The molecule has 1 fully saturated rings. The Morgan fingerprint density at radius 3 is 2.72 bits per heavy atom. The number of aromatic amines is 1. The molecule has 136 valence electrons. The molecule has 1 saturated heterocycles. The molecule has 1 unspecified atom stereocenters. The third-order valence-electron chi connectivity index (χ3n) is 5.08. The summed E-state index contributed by atoms with van der Waals surface area (Å²) in [4.78, 5) is 20.0. The number of fused-ring (bicyclic) bond motifs is 1. The zero-order valence-electron chi connectivity index (χ0n) is 15.7. The Kier molecular flexibility index (Phi) is 5.33. The predicted octanol–water partition coefficient (Wildman–Crippen LogP) is 3.51. The van der Waals surface area contributed by atoms with E-state index in [9.17, 15) is 4.79 Å². The smallest absolute Gasteiger partial charge is 0.270 e. The number of carbonyl (C=O) groups excluding carboxylic acids is 1. The summed E-state index contributed by atoms with van der Waals surface area (Å²) >= 11 is 0. The van der Waals surface area contributed by atoms with Crippen molar-refractivity contribution in [2.24, 2.45) is 0 Å². The molecule has 5 nitrogen and oxygen atoms in total. The molecule has 25 heavy (non-hydrogen) atoms. The lowest BCUT2D eigenvalue weighted by molar-refractivity contribution is 0.0768. The maximum atomic E-state index is 12.5. The maximum Gasteiger partial charge on any atom is 0.270 e. The van der Waals surface area contributed by atoms with E-state index in [1.54, 1.807) is 0 Å². The second kappa shape index (κ2) is 7.48. The van der Waals surface area contributed by atoms with Crippen LogP contribution in [0.4, 0.5) is 0 Å². The molecule has 0 saturated carbocycles. The number of likely N-dealkylation sites (tertiary alicyclic amines) is 1. The maximum absolute atomic E-state index is 12.5. The number of nitrogens with one attached hydrogen (secondary N) is 1. The summed E-state index contributed by atoms with van der Waals surface area (Å²) in [6.07, 6.45) is 1.31. The molecule has 1 aromatic heterocycles. The van der Waals surface area contributed by atoms with Crippen molar-refractivity contribution in [2.45, 2.75) is 46.3 Å². The van der Waals surface area contributed by atoms with Gasteiger partial charge in [0.2, 0.25) is 0 Å². The van der Waals surface area contributed by atoms with Crippen LogP contribution >= 0.6 is 0 Å². The van der Waals surface area contributed by atoms with E-state index in [0.29, 0.717) is 24.8 Å². The Bertz CT molecular complexity index is 734. The molecule has 1 amide bonds. The van der Waals surface area contributed by atoms with Crippen LogP contribution in [0, 0.1) is 0 Å². The van der Waals surface area contributed by atoms with Crippen LogP contribution < -0.4 is 4.74 Å². The molecule has 1 aliphatic heterocycles. The average Bonchev–Trinajstić information content (AvgIpc) is 3.22. The summed E-state index contributed by atoms with van der Waals surface area (Å²) in [6, 6.07) is 8.51. The fraction of sp³-hybridized carbons (Fsp3) is 0.550. The van der Waals surface area contributed by atoms with Crippen LogP contribution in [0.3, 0.4) is 0 Å². The molecule has 3 rings (SSSR count). The van der Waals surface area contributed by atoms with E-state index < -0.39 is 0 Å². The fourth-order valence-corrected chi connectivity index (χ4v) is 3.49. The van der Waals surface area contributed by atoms with E-state index in [-0.39, 0.29) is 12.0 Å². The predicted molar refractivity (Wildman–Crippen MR) is 101 cm³/mol. The van der Waals surface area contributed by atoms with Gasteiger partial charge < -0.3 is 14.6 Å². The quantitative estimate of drug-likeness (QED) is 0.873. The van der Waals surface area contributed by atoms with E-state index in [4.69, 9.17) is 4.74 Å². The molecule has 0 aliphatic carbocycles. The van der Waals surface area contributed by atoms with E-state index in [0.717, 1.165) is 36.2 Å². The summed E-state index contributed by atoms with van der Waals surface area (Å²) < 4.78 is 6.17. The largest absolute Gasteiger partial charge is 0.489 e. The first-order valence-electron chi connectivity index (χ1n) is 9.34. The minimum absolute atomic E-state index is 0.0482. The number of hydrogen-bond acceptors (Lipinski definition) is 3. The SMILES string of the molecule is CCN(CC)C(=O)c1cc2cc(OC3CCN(C(C)C)C3)ccc2[nH]1. The zero-order valence-corrected chi connectivity index (χ0v) is 15.7. The third-order valence-corrected chi connectivity index (χ3v) is 5.08. The molecule has 0 spiro atoms. The molecule has 5 heteroatoms. The van der Waals surface area contributed by atoms with Gasteiger partial charge in [-0.15, -0.1) is 0 Å². The highest BCUT2D eigenvalue weighted by molar-refractivity contribution is 5.98. The number of hydrogen-bond donors (Lipinski definition) is 1. The van der Waals surface area contributed by atoms with Crippen molar-refractivity contribution in [2.75, 3.05) is 26.2 Å². The molecule has 1 atom stereocenters. The highest BCUT2D eigenvalue weighted by atomic mass is 16.5. The lowest BCUT2D eigenvalue weighted by atomic mass is 10.2. The first kappa shape index (κ1) is 17.8. The lowest BCUT2D eigenvalue weighted by Gasteiger charge is -2.20. The van der Waals surface area contributed by atoms with Gasteiger partial charge in [0.15, 0.2) is 0 Å². The Morgan fingerprint density at radius 2 is 2.08 bits per heavy atom. The van der Waals surface area contributed by atoms with Crippen molar-refractivity contribution >= 4 is 16.8 Å². The normalized spacial score (nSPS) is 18.2. The minimum atomic E-state index is 0.0482. The fourth-order valence-electron chi connectivity index (χ4n) is 3.49. The van der Waals surface area contributed by atoms with Gasteiger partial charge in [-0.1, -0.05) is 0 Å². The van der Waals surface area contributed by atoms with Crippen molar-refractivity contribution in [3.8, 4) is 5.75 Å². The van der Waals surface area contributed by atoms with Crippen molar-refractivity contribution < 1.29 is 9.53 Å². The lowest BCUT2D eigenvalue weighted by Crippen LogP contribution is -2.30. The number of rotatable bonds is 6. The monoisotopic (exact) mass is 343 g/mol. The highest BCUT2D eigenvalue weighted by Gasteiger charge is 2.25. The number of aromatic nitrogens is 1. The van der Waals surface area contributed by atoms with Gasteiger partial charge in [0.1, 0.15) is 17.5 Å². The van der Waals surface area contributed by atoms with Crippen LogP contribution in [0.2, 0.25) is 0 Å². The first-order valence-corrected chi connectivity index (χ1v) is 9.34. The summed E-state index contributed by atoms with van der Waals surface area (Å²) in [7, 11) is 0. The van der Waals surface area contributed by atoms with Gasteiger partial charge in [-0.3, -0.25) is 9.69 Å². The molecule has 1 aromatic carbocycles. The van der Waals surface area contributed by atoms with Gasteiger partial charge in [-0.25, -0.2) is 0 Å². The van der Waals surface area contributed by atoms with Gasteiger partial charge in [-0.05, 0) is 58.4 Å². The number of ether oxygens (including phenoxy) is 1. The Morgan fingerprint density at radius 1 is 1.32 bits per heavy atom. The summed E-state index contributed by atoms with van der Waals surface area (Å²) in [5.41, 5.74) is 1.61. The standard InChI is InChI=1S/C20H29N3O2/c1-5-22(6-2)20(24)19-12-15-11-16(7-8-18(15)21-19)25-17-9-10-23(13-17)14(3)4/h7-8,11-12,14,17,21H,5-6,9-10,13H2,1-4H3. The minimum Gasteiger partial charge on any atom is -0.489 e. The zero-order chi connectivity index (χ0) is 18.0. The van der Waals surface area contributed by atoms with Crippen LogP contribution in [0.5, 0.6) is 5.75 Å². The molecular weight excluding hydrogens is 314 g/mol. The molecule has 0 bridgehead atoms. The highest BCUT2D eigenvalue weighted by Crippen LogP contribution is 2.25. The number of amides is 1. The van der Waals surface area contributed by atoms with Gasteiger partial charge in [0.05, 0.1) is 0 Å². The first-order chi connectivity index (χ1) is 12.0. The summed E-state index contributed by atoms with van der Waals surface area (Å²) in [6.45, 7) is 12.0. The molecule has 1 aliphatic rings. The number of nitrogens with zero attached hydrogens (tertiary/aromatic N) is 2. The molecular formula is C20H29N3O2. The van der Waals surface area contributed by atoms with Crippen LogP contribution in [0.15, 0.2) is 24.3 Å². The van der Waals surface area contributed by atoms with E-state index in [2.05, 4.69) is 23.7 Å². The number of carbonyl (C=O) groups is 1. The van der Waals surface area contributed by atoms with Gasteiger partial charge in [0.25, 0.3) is 5.91 Å². The van der Waals surface area contributed by atoms with Gasteiger partial charge in [0, 0.05) is 43.1 Å². The summed E-state index contributed by atoms with van der Waals surface area (Å²) in [5, 5.41) is 1.02. The topological polar surface area (TPSA) is 48.6 Å². The average molecular weight is 343 g/mol. The van der Waals surface area contributed by atoms with Gasteiger partial charge in [-0.2, -0.15) is 0 Å². The van der Waals surface area contributed by atoms with Crippen LogP contribution in [0.25, 0.3) is 10.9 Å². The molecule has 1 N–H and O–H groups in total. The Balaban J connectivity index is 1.73. The molecule has 2 aromatic rings. The number of benzene rings is 1. The Labute approximate surface area is 149 Å². The Hall–Kier alpha value is -2.01. The molecule has 2 heterocycles. The van der Waals surface area contributed by atoms with Crippen molar-refractivity contribution in [1.29, 1.82) is 0 Å².